The first-order valence-corrected chi connectivity index (χ1v) is 10.1. The van der Waals surface area contributed by atoms with E-state index < -0.39 is 17.9 Å². The van der Waals surface area contributed by atoms with Crippen molar-refractivity contribution in [1.82, 2.24) is 0 Å². The van der Waals surface area contributed by atoms with E-state index in [0.717, 1.165) is 25.7 Å². The summed E-state index contributed by atoms with van der Waals surface area (Å²) in [6.07, 6.45) is 3.06. The Morgan fingerprint density at radius 1 is 0.933 bits per heavy atom. The van der Waals surface area contributed by atoms with Crippen molar-refractivity contribution in [2.45, 2.75) is 25.7 Å². The number of carboxylic acid groups (broad SMARTS) is 1. The molecule has 0 bridgehead atoms. The molecule has 1 aliphatic rings. The first-order valence-electron chi connectivity index (χ1n) is 10.1. The van der Waals surface area contributed by atoms with Gasteiger partial charge < -0.3 is 14.6 Å². The van der Waals surface area contributed by atoms with Gasteiger partial charge in [-0.05, 0) is 67.9 Å². The molecule has 0 saturated heterocycles. The second kappa shape index (κ2) is 10.7. The summed E-state index contributed by atoms with van der Waals surface area (Å²) >= 11 is 0. The van der Waals surface area contributed by atoms with E-state index in [1.54, 1.807) is 24.3 Å². The monoisotopic (exact) mass is 415 g/mol. The SMILES string of the molecule is O=C(O)COCC1CCC(COC(=O)N(c2ccccc2)c2cccc(F)c2)CC1. The molecular weight excluding hydrogens is 389 g/mol. The zero-order valence-corrected chi connectivity index (χ0v) is 16.7. The molecule has 6 nitrogen and oxygen atoms in total. The van der Waals surface area contributed by atoms with Crippen molar-refractivity contribution in [2.24, 2.45) is 11.8 Å². The minimum atomic E-state index is -0.961. The number of carboxylic acids is 1. The lowest BCUT2D eigenvalue weighted by Gasteiger charge is -2.29. The molecule has 0 spiro atoms. The van der Waals surface area contributed by atoms with Crippen LogP contribution in [0.5, 0.6) is 0 Å². The lowest BCUT2D eigenvalue weighted by Crippen LogP contribution is -2.30. The molecule has 160 valence electrons. The minimum absolute atomic E-state index is 0.245. The van der Waals surface area contributed by atoms with Gasteiger partial charge in [0.2, 0.25) is 0 Å². The van der Waals surface area contributed by atoms with E-state index in [4.69, 9.17) is 14.6 Å². The molecule has 2 aromatic carbocycles. The highest BCUT2D eigenvalue weighted by molar-refractivity contribution is 5.95. The quantitative estimate of drug-likeness (QED) is 0.656. The van der Waals surface area contributed by atoms with Crippen molar-refractivity contribution in [3.63, 3.8) is 0 Å². The van der Waals surface area contributed by atoms with Crippen LogP contribution in [0, 0.1) is 17.7 Å². The van der Waals surface area contributed by atoms with Crippen LogP contribution in [0.15, 0.2) is 54.6 Å². The van der Waals surface area contributed by atoms with E-state index in [1.165, 1.54) is 17.0 Å². The topological polar surface area (TPSA) is 76.1 Å². The number of nitrogens with zero attached hydrogens (tertiary/aromatic N) is 1. The minimum Gasteiger partial charge on any atom is -0.480 e. The lowest BCUT2D eigenvalue weighted by atomic mass is 9.83. The largest absolute Gasteiger partial charge is 0.480 e. The fraction of sp³-hybridized carbons (Fsp3) is 0.391. The van der Waals surface area contributed by atoms with Crippen LogP contribution in [-0.2, 0) is 14.3 Å². The van der Waals surface area contributed by atoms with Gasteiger partial charge in [0, 0.05) is 0 Å². The highest BCUT2D eigenvalue weighted by atomic mass is 19.1. The summed E-state index contributed by atoms with van der Waals surface area (Å²) in [6, 6.07) is 14.9. The van der Waals surface area contributed by atoms with Gasteiger partial charge in [0.25, 0.3) is 0 Å². The van der Waals surface area contributed by atoms with Crippen LogP contribution in [-0.4, -0.2) is 37.0 Å². The van der Waals surface area contributed by atoms with Crippen molar-refractivity contribution in [3.05, 3.63) is 60.4 Å². The third-order valence-electron chi connectivity index (χ3n) is 5.25. The summed E-state index contributed by atoms with van der Waals surface area (Å²) in [5.74, 6) is -0.805. The average Bonchev–Trinajstić information content (AvgIpc) is 2.74. The van der Waals surface area contributed by atoms with Gasteiger partial charge in [-0.15, -0.1) is 0 Å². The fourth-order valence-electron chi connectivity index (χ4n) is 3.68. The van der Waals surface area contributed by atoms with Crippen molar-refractivity contribution in [3.8, 4) is 0 Å². The van der Waals surface area contributed by atoms with Crippen molar-refractivity contribution in [2.75, 3.05) is 24.7 Å². The zero-order valence-electron chi connectivity index (χ0n) is 16.7. The summed E-state index contributed by atoms with van der Waals surface area (Å²) in [4.78, 5) is 24.8. The Kier molecular flexibility index (Phi) is 7.79. The molecule has 1 aliphatic carbocycles. The number of hydrogen-bond acceptors (Lipinski definition) is 4. The molecular formula is C23H26FNO5. The van der Waals surface area contributed by atoms with Crippen LogP contribution in [0.4, 0.5) is 20.6 Å². The Balaban J connectivity index is 1.55. The normalized spacial score (nSPS) is 18.6. The number of benzene rings is 2. The highest BCUT2D eigenvalue weighted by Crippen LogP contribution is 2.31. The Morgan fingerprint density at radius 3 is 2.20 bits per heavy atom. The van der Waals surface area contributed by atoms with Crippen molar-refractivity contribution in [1.29, 1.82) is 0 Å². The van der Waals surface area contributed by atoms with Crippen LogP contribution in [0.3, 0.4) is 0 Å². The number of carbonyl (C=O) groups excluding carboxylic acids is 1. The second-order valence-corrected chi connectivity index (χ2v) is 7.52. The number of aliphatic carboxylic acids is 1. The summed E-state index contributed by atoms with van der Waals surface area (Å²) in [5.41, 5.74) is 1.01. The predicted octanol–water partition coefficient (Wildman–Crippen LogP) is 5.01. The molecule has 1 saturated carbocycles. The Hall–Kier alpha value is -2.93. The lowest BCUT2D eigenvalue weighted by molar-refractivity contribution is -0.142. The molecule has 0 radical (unpaired) electrons. The van der Waals surface area contributed by atoms with E-state index in [9.17, 15) is 14.0 Å². The molecule has 0 unspecified atom stereocenters. The van der Waals surface area contributed by atoms with Gasteiger partial charge in [-0.2, -0.15) is 0 Å². The molecule has 2 aromatic rings. The van der Waals surface area contributed by atoms with Gasteiger partial charge in [0.1, 0.15) is 12.4 Å². The van der Waals surface area contributed by atoms with Crippen LogP contribution < -0.4 is 4.90 Å². The van der Waals surface area contributed by atoms with E-state index >= 15 is 0 Å². The van der Waals surface area contributed by atoms with E-state index in [-0.39, 0.29) is 12.5 Å². The number of ether oxygens (including phenoxy) is 2. The number of para-hydroxylation sites is 1. The molecule has 1 amide bonds. The van der Waals surface area contributed by atoms with E-state index in [0.29, 0.717) is 30.5 Å². The van der Waals surface area contributed by atoms with Crippen LogP contribution >= 0.6 is 0 Å². The van der Waals surface area contributed by atoms with Gasteiger partial charge in [0.05, 0.1) is 24.6 Å². The number of anilines is 2. The fourth-order valence-corrected chi connectivity index (χ4v) is 3.68. The second-order valence-electron chi connectivity index (χ2n) is 7.52. The highest BCUT2D eigenvalue weighted by Gasteiger charge is 2.25. The summed E-state index contributed by atoms with van der Waals surface area (Å²) in [6.45, 7) is 0.466. The Morgan fingerprint density at radius 2 is 1.57 bits per heavy atom. The van der Waals surface area contributed by atoms with E-state index in [1.807, 2.05) is 18.2 Å². The maximum Gasteiger partial charge on any atom is 0.418 e. The van der Waals surface area contributed by atoms with Crippen LogP contribution in [0.1, 0.15) is 25.7 Å². The summed E-state index contributed by atoms with van der Waals surface area (Å²) in [5, 5.41) is 8.63. The third kappa shape index (κ3) is 6.29. The third-order valence-corrected chi connectivity index (χ3v) is 5.25. The Labute approximate surface area is 175 Å². The molecule has 3 rings (SSSR count). The molecule has 0 heterocycles. The van der Waals surface area contributed by atoms with Crippen molar-refractivity contribution >= 4 is 23.4 Å². The molecule has 1 fully saturated rings. The maximum atomic E-state index is 13.7. The summed E-state index contributed by atoms with van der Waals surface area (Å²) in [7, 11) is 0. The number of halogens is 1. The standard InChI is InChI=1S/C23H26FNO5/c24-19-5-4-8-21(13-19)25(20-6-2-1-3-7-20)23(28)30-15-18-11-9-17(10-12-18)14-29-16-22(26)27/h1-8,13,17-18H,9-12,14-16H2,(H,26,27). The number of hydrogen-bond donors (Lipinski definition) is 1. The molecule has 0 atom stereocenters. The molecule has 7 heteroatoms. The number of carbonyl (C=O) groups is 2. The van der Waals surface area contributed by atoms with Gasteiger partial charge in [-0.25, -0.2) is 18.9 Å². The average molecular weight is 415 g/mol. The Bertz CT molecular complexity index is 836. The van der Waals surface area contributed by atoms with Gasteiger partial charge in [0.15, 0.2) is 0 Å². The predicted molar refractivity (Wildman–Crippen MR) is 110 cm³/mol. The summed E-state index contributed by atoms with van der Waals surface area (Å²) < 4.78 is 24.5. The van der Waals surface area contributed by atoms with Gasteiger partial charge in [-0.1, -0.05) is 24.3 Å². The van der Waals surface area contributed by atoms with Gasteiger partial charge >= 0.3 is 12.1 Å². The molecule has 0 aromatic heterocycles. The first kappa shape index (κ1) is 21.8. The number of amides is 1. The first-order chi connectivity index (χ1) is 14.5. The molecule has 0 aliphatic heterocycles. The van der Waals surface area contributed by atoms with Gasteiger partial charge in [-0.3, -0.25) is 0 Å². The zero-order chi connectivity index (χ0) is 21.3. The van der Waals surface area contributed by atoms with Crippen LogP contribution in [0.25, 0.3) is 0 Å². The molecule has 30 heavy (non-hydrogen) atoms. The number of rotatable bonds is 8. The maximum absolute atomic E-state index is 13.7. The molecule has 1 N–H and O–H groups in total. The van der Waals surface area contributed by atoms with E-state index in [2.05, 4.69) is 0 Å². The smallest absolute Gasteiger partial charge is 0.418 e. The van der Waals surface area contributed by atoms with Crippen molar-refractivity contribution < 1.29 is 28.6 Å². The van der Waals surface area contributed by atoms with Crippen LogP contribution in [0.2, 0.25) is 0 Å².